The lowest BCUT2D eigenvalue weighted by Gasteiger charge is -2.03. The molecule has 1 amide bonds. The molecule has 0 unspecified atom stereocenters. The van der Waals surface area contributed by atoms with Gasteiger partial charge in [-0.3, -0.25) is 5.32 Å². The lowest BCUT2D eigenvalue weighted by atomic mass is 10.3. The van der Waals surface area contributed by atoms with Crippen molar-refractivity contribution in [1.29, 1.82) is 0 Å². The summed E-state index contributed by atoms with van der Waals surface area (Å²) in [6.45, 7) is 6.81. The van der Waals surface area contributed by atoms with Crippen molar-refractivity contribution in [2.24, 2.45) is 0 Å². The summed E-state index contributed by atoms with van der Waals surface area (Å²) in [6, 6.07) is 9.01. The van der Waals surface area contributed by atoms with Gasteiger partial charge in [0.05, 0.1) is 0 Å². The summed E-state index contributed by atoms with van der Waals surface area (Å²) < 4.78 is 4.72. The number of carbonyl (C=O) groups is 1. The number of carbonyl (C=O) groups excluding carboxylic acids is 1. The van der Waals surface area contributed by atoms with E-state index < -0.39 is 6.09 Å². The van der Waals surface area contributed by atoms with Crippen molar-refractivity contribution in [2.75, 3.05) is 18.5 Å². The molecule has 14 heavy (non-hydrogen) atoms. The minimum absolute atomic E-state index is 0.127. The van der Waals surface area contributed by atoms with Crippen LogP contribution in [0.15, 0.2) is 30.3 Å². The van der Waals surface area contributed by atoms with E-state index in [1.807, 2.05) is 18.2 Å². The zero-order chi connectivity index (χ0) is 10.2. The van der Waals surface area contributed by atoms with E-state index in [9.17, 15) is 4.79 Å². The summed E-state index contributed by atoms with van der Waals surface area (Å²) in [4.78, 5) is 14.1. The van der Waals surface area contributed by atoms with Crippen LogP contribution in [0, 0.1) is 6.57 Å². The summed E-state index contributed by atoms with van der Waals surface area (Å²) in [5.41, 5.74) is 0.681. The predicted octanol–water partition coefficient (Wildman–Crippen LogP) is 2.15. The topological polar surface area (TPSA) is 42.7 Å². The monoisotopic (exact) mass is 190 g/mol. The Morgan fingerprint density at radius 3 is 2.79 bits per heavy atom. The first-order valence-corrected chi connectivity index (χ1v) is 4.15. The zero-order valence-electron chi connectivity index (χ0n) is 7.56. The van der Waals surface area contributed by atoms with Crippen LogP contribution in [0.2, 0.25) is 0 Å². The van der Waals surface area contributed by atoms with Crippen molar-refractivity contribution in [3.05, 3.63) is 41.7 Å². The second-order valence-corrected chi connectivity index (χ2v) is 2.51. The summed E-state index contributed by atoms with van der Waals surface area (Å²) >= 11 is 0. The number of para-hydroxylation sites is 1. The van der Waals surface area contributed by atoms with Crippen LogP contribution in [-0.4, -0.2) is 19.2 Å². The Bertz CT molecular complexity index is 330. The fourth-order valence-electron chi connectivity index (χ4n) is 0.859. The number of benzene rings is 1. The number of anilines is 1. The van der Waals surface area contributed by atoms with Gasteiger partial charge >= 0.3 is 6.09 Å². The molecule has 1 N–H and O–H groups in total. The van der Waals surface area contributed by atoms with Gasteiger partial charge in [0.25, 0.3) is 0 Å². The number of nitrogens with one attached hydrogen (secondary N) is 1. The molecular weight excluding hydrogens is 180 g/mol. The highest BCUT2D eigenvalue weighted by atomic mass is 16.5. The highest BCUT2D eigenvalue weighted by Gasteiger charge is 2.01. The van der Waals surface area contributed by atoms with Gasteiger partial charge in [0.15, 0.2) is 6.61 Å². The molecular formula is C10H10N2O2. The minimum atomic E-state index is -0.528. The molecule has 0 spiro atoms. The van der Waals surface area contributed by atoms with E-state index in [0.29, 0.717) is 5.69 Å². The largest absolute Gasteiger partial charge is 0.441 e. The van der Waals surface area contributed by atoms with Crippen LogP contribution in [0.25, 0.3) is 4.85 Å². The van der Waals surface area contributed by atoms with Crippen LogP contribution in [0.5, 0.6) is 0 Å². The first kappa shape index (κ1) is 10.1. The molecule has 4 heteroatoms. The second-order valence-electron chi connectivity index (χ2n) is 2.51. The third kappa shape index (κ3) is 3.59. The third-order valence-electron chi connectivity index (χ3n) is 1.46. The van der Waals surface area contributed by atoms with Crippen LogP contribution in [0.4, 0.5) is 10.5 Å². The van der Waals surface area contributed by atoms with Crippen LogP contribution in [-0.2, 0) is 4.74 Å². The zero-order valence-corrected chi connectivity index (χ0v) is 7.56. The molecule has 0 aliphatic rings. The highest BCUT2D eigenvalue weighted by molar-refractivity contribution is 5.84. The van der Waals surface area contributed by atoms with Crippen molar-refractivity contribution in [3.8, 4) is 0 Å². The smallest absolute Gasteiger partial charge is 0.411 e. The van der Waals surface area contributed by atoms with E-state index in [0.717, 1.165) is 0 Å². The standard InChI is InChI=1S/C10H10N2O2/c1-11-7-8-14-10(13)12-9-5-3-2-4-6-9/h2-6H,7-8H2,(H,12,13). The maximum Gasteiger partial charge on any atom is 0.411 e. The summed E-state index contributed by atoms with van der Waals surface area (Å²) in [5.74, 6) is 0. The average Bonchev–Trinajstić information content (AvgIpc) is 2.20. The van der Waals surface area contributed by atoms with Crippen LogP contribution < -0.4 is 5.32 Å². The Morgan fingerprint density at radius 2 is 2.14 bits per heavy atom. The molecule has 0 aliphatic heterocycles. The molecule has 0 saturated carbocycles. The first-order valence-electron chi connectivity index (χ1n) is 4.15. The summed E-state index contributed by atoms with van der Waals surface area (Å²) in [6.07, 6.45) is -0.528. The summed E-state index contributed by atoms with van der Waals surface area (Å²) in [7, 11) is 0. The minimum Gasteiger partial charge on any atom is -0.441 e. The van der Waals surface area contributed by atoms with E-state index in [2.05, 4.69) is 10.2 Å². The number of hydrogen-bond acceptors (Lipinski definition) is 2. The van der Waals surface area contributed by atoms with Gasteiger partial charge in [0.1, 0.15) is 0 Å². The third-order valence-corrected chi connectivity index (χ3v) is 1.46. The van der Waals surface area contributed by atoms with Gasteiger partial charge in [0.2, 0.25) is 6.54 Å². The lowest BCUT2D eigenvalue weighted by molar-refractivity contribution is 0.167. The number of amides is 1. The Morgan fingerprint density at radius 1 is 1.43 bits per heavy atom. The normalized spacial score (nSPS) is 8.79. The highest BCUT2D eigenvalue weighted by Crippen LogP contribution is 2.04. The van der Waals surface area contributed by atoms with Crippen LogP contribution >= 0.6 is 0 Å². The quantitative estimate of drug-likeness (QED) is 0.586. The van der Waals surface area contributed by atoms with Crippen LogP contribution in [0.1, 0.15) is 0 Å². The van der Waals surface area contributed by atoms with Crippen molar-refractivity contribution in [2.45, 2.75) is 0 Å². The molecule has 0 aromatic heterocycles. The van der Waals surface area contributed by atoms with E-state index in [1.54, 1.807) is 12.1 Å². The maximum absolute atomic E-state index is 11.1. The molecule has 1 aromatic carbocycles. The van der Waals surface area contributed by atoms with Gasteiger partial charge in [0, 0.05) is 5.69 Å². The van der Waals surface area contributed by atoms with Gasteiger partial charge < -0.3 is 9.58 Å². The van der Waals surface area contributed by atoms with Crippen molar-refractivity contribution >= 4 is 11.8 Å². The Labute approximate surface area is 82.3 Å². The van der Waals surface area contributed by atoms with E-state index in [-0.39, 0.29) is 13.2 Å². The van der Waals surface area contributed by atoms with Crippen LogP contribution in [0.3, 0.4) is 0 Å². The van der Waals surface area contributed by atoms with Gasteiger partial charge in [-0.25, -0.2) is 11.4 Å². The van der Waals surface area contributed by atoms with Gasteiger partial charge in [-0.2, -0.15) is 0 Å². The summed E-state index contributed by atoms with van der Waals surface area (Å²) in [5, 5.41) is 2.54. The molecule has 4 nitrogen and oxygen atoms in total. The molecule has 0 aliphatic carbocycles. The number of ether oxygens (including phenoxy) is 1. The first-order chi connectivity index (χ1) is 6.83. The van der Waals surface area contributed by atoms with E-state index in [1.165, 1.54) is 0 Å². The molecule has 0 radical (unpaired) electrons. The second kappa shape index (κ2) is 5.60. The van der Waals surface area contributed by atoms with Gasteiger partial charge in [-0.05, 0) is 12.1 Å². The van der Waals surface area contributed by atoms with Gasteiger partial charge in [-0.1, -0.05) is 18.2 Å². The molecule has 1 aromatic rings. The molecule has 1 rings (SSSR count). The molecule has 0 saturated heterocycles. The predicted molar refractivity (Wildman–Crippen MR) is 52.9 cm³/mol. The molecule has 0 atom stereocenters. The Balaban J connectivity index is 2.32. The molecule has 0 fully saturated rings. The van der Waals surface area contributed by atoms with E-state index >= 15 is 0 Å². The number of hydrogen-bond donors (Lipinski definition) is 1. The maximum atomic E-state index is 11.1. The Kier molecular flexibility index (Phi) is 4.02. The Hall–Kier alpha value is -2.02. The van der Waals surface area contributed by atoms with Crippen molar-refractivity contribution in [1.82, 2.24) is 0 Å². The van der Waals surface area contributed by atoms with Gasteiger partial charge in [-0.15, -0.1) is 0 Å². The number of rotatable bonds is 3. The SMILES string of the molecule is [C-]#[N+]CCOC(=O)Nc1ccccc1. The van der Waals surface area contributed by atoms with Crippen molar-refractivity contribution in [3.63, 3.8) is 0 Å². The molecule has 0 bridgehead atoms. The van der Waals surface area contributed by atoms with E-state index in [4.69, 9.17) is 11.3 Å². The fraction of sp³-hybridized carbons (Fsp3) is 0.200. The lowest BCUT2D eigenvalue weighted by Crippen LogP contribution is -2.14. The molecule has 0 heterocycles. The number of nitrogens with zero attached hydrogens (tertiary/aromatic N) is 1. The van der Waals surface area contributed by atoms with Crippen molar-refractivity contribution < 1.29 is 9.53 Å². The average molecular weight is 190 g/mol. The fourth-order valence-corrected chi connectivity index (χ4v) is 0.859. The molecule has 72 valence electrons.